The molecule has 1 unspecified atom stereocenters. The third-order valence-electron chi connectivity index (χ3n) is 4.32. The number of tetrazole rings is 1. The van der Waals surface area contributed by atoms with E-state index in [2.05, 4.69) is 59.7 Å². The van der Waals surface area contributed by atoms with Crippen molar-refractivity contribution < 1.29 is 4.74 Å². The van der Waals surface area contributed by atoms with Crippen molar-refractivity contribution in [1.29, 1.82) is 0 Å². The number of aromatic nitrogens is 6. The van der Waals surface area contributed by atoms with Crippen LogP contribution in [-0.4, -0.2) is 64.4 Å². The molecule has 1 atom stereocenters. The fraction of sp³-hybridized carbons (Fsp3) is 0.353. The smallest absolute Gasteiger partial charge is 0.226 e. The molecule has 1 aliphatic heterocycles. The number of ether oxygens (including phenoxy) is 1. The number of morpholine rings is 1. The number of H-pyrrole nitrogens is 1. The van der Waals surface area contributed by atoms with Gasteiger partial charge in [-0.25, -0.2) is 9.97 Å². The standard InChI is InChI=1S/C17H20N8O/c1-24(2)13-5-3-12(4-6-13)14-7-8-18-17(19-14)25-9-10-26-15(11-25)16-20-22-23-21-16/h3-8,15H,9-11H2,1-2H3,(H,20,21,22,23). The van der Waals surface area contributed by atoms with E-state index in [9.17, 15) is 0 Å². The van der Waals surface area contributed by atoms with E-state index in [4.69, 9.17) is 9.72 Å². The van der Waals surface area contributed by atoms with E-state index in [1.807, 2.05) is 20.2 Å². The Bertz CT molecular complexity index is 849. The number of nitrogens with one attached hydrogen (secondary N) is 1. The highest BCUT2D eigenvalue weighted by atomic mass is 16.5. The van der Waals surface area contributed by atoms with Gasteiger partial charge in [0, 0.05) is 38.1 Å². The Morgan fingerprint density at radius 1 is 1.19 bits per heavy atom. The highest BCUT2D eigenvalue weighted by Gasteiger charge is 2.26. The molecule has 2 aromatic heterocycles. The zero-order valence-electron chi connectivity index (χ0n) is 14.7. The summed E-state index contributed by atoms with van der Waals surface area (Å²) in [5.41, 5.74) is 3.10. The molecule has 9 heteroatoms. The van der Waals surface area contributed by atoms with E-state index >= 15 is 0 Å². The van der Waals surface area contributed by atoms with Crippen LogP contribution < -0.4 is 9.80 Å². The maximum Gasteiger partial charge on any atom is 0.226 e. The maximum absolute atomic E-state index is 5.74. The van der Waals surface area contributed by atoms with Gasteiger partial charge in [0.2, 0.25) is 11.8 Å². The van der Waals surface area contributed by atoms with Crippen molar-refractivity contribution in [2.24, 2.45) is 0 Å². The summed E-state index contributed by atoms with van der Waals surface area (Å²) < 4.78 is 5.74. The molecule has 26 heavy (non-hydrogen) atoms. The normalized spacial score (nSPS) is 17.3. The fourth-order valence-electron chi connectivity index (χ4n) is 2.88. The van der Waals surface area contributed by atoms with Crippen LogP contribution in [0.1, 0.15) is 11.9 Å². The first-order valence-electron chi connectivity index (χ1n) is 8.41. The third kappa shape index (κ3) is 3.33. The number of hydrogen-bond acceptors (Lipinski definition) is 8. The predicted octanol–water partition coefficient (Wildman–Crippen LogP) is 1.30. The Labute approximate surface area is 151 Å². The Hall–Kier alpha value is -3.07. The fourth-order valence-corrected chi connectivity index (χ4v) is 2.88. The highest BCUT2D eigenvalue weighted by molar-refractivity contribution is 5.63. The van der Waals surface area contributed by atoms with Crippen molar-refractivity contribution in [3.63, 3.8) is 0 Å². The minimum absolute atomic E-state index is 0.242. The summed E-state index contributed by atoms with van der Waals surface area (Å²) in [7, 11) is 4.05. The van der Waals surface area contributed by atoms with E-state index in [0.717, 1.165) is 23.5 Å². The Morgan fingerprint density at radius 2 is 2.04 bits per heavy atom. The molecule has 3 aromatic rings. The van der Waals surface area contributed by atoms with Crippen molar-refractivity contribution in [3.05, 3.63) is 42.4 Å². The van der Waals surface area contributed by atoms with Crippen LogP contribution in [0.25, 0.3) is 11.3 Å². The molecule has 0 aliphatic carbocycles. The summed E-state index contributed by atoms with van der Waals surface area (Å²) >= 11 is 0. The number of hydrogen-bond donors (Lipinski definition) is 1. The second-order valence-corrected chi connectivity index (χ2v) is 6.26. The van der Waals surface area contributed by atoms with Crippen LogP contribution in [0.2, 0.25) is 0 Å². The summed E-state index contributed by atoms with van der Waals surface area (Å²) in [6.45, 7) is 1.87. The van der Waals surface area contributed by atoms with Gasteiger partial charge in [-0.15, -0.1) is 10.2 Å². The van der Waals surface area contributed by atoms with Crippen LogP contribution in [0.3, 0.4) is 0 Å². The van der Waals surface area contributed by atoms with Crippen LogP contribution >= 0.6 is 0 Å². The third-order valence-corrected chi connectivity index (χ3v) is 4.32. The van der Waals surface area contributed by atoms with Crippen molar-refractivity contribution >= 4 is 11.6 Å². The topological polar surface area (TPSA) is 96.0 Å². The van der Waals surface area contributed by atoms with E-state index in [1.54, 1.807) is 6.20 Å². The summed E-state index contributed by atoms with van der Waals surface area (Å²) in [5.74, 6) is 1.22. The minimum Gasteiger partial charge on any atom is -0.378 e. The van der Waals surface area contributed by atoms with Crippen LogP contribution in [0.15, 0.2) is 36.5 Å². The molecule has 3 heterocycles. The van der Waals surface area contributed by atoms with Gasteiger partial charge in [-0.2, -0.15) is 5.21 Å². The van der Waals surface area contributed by atoms with Gasteiger partial charge in [-0.1, -0.05) is 17.3 Å². The van der Waals surface area contributed by atoms with E-state index in [-0.39, 0.29) is 6.10 Å². The summed E-state index contributed by atoms with van der Waals surface area (Å²) in [4.78, 5) is 13.3. The lowest BCUT2D eigenvalue weighted by Crippen LogP contribution is -2.39. The largest absolute Gasteiger partial charge is 0.378 e. The molecule has 0 radical (unpaired) electrons. The van der Waals surface area contributed by atoms with Gasteiger partial charge < -0.3 is 14.5 Å². The van der Waals surface area contributed by atoms with Crippen molar-refractivity contribution in [1.82, 2.24) is 30.6 Å². The number of benzene rings is 1. The van der Waals surface area contributed by atoms with Crippen molar-refractivity contribution in [2.45, 2.75) is 6.10 Å². The Morgan fingerprint density at radius 3 is 2.77 bits per heavy atom. The summed E-state index contributed by atoms with van der Waals surface area (Å²) in [6, 6.07) is 10.2. The molecule has 0 bridgehead atoms. The van der Waals surface area contributed by atoms with E-state index < -0.39 is 0 Å². The van der Waals surface area contributed by atoms with Gasteiger partial charge in [0.15, 0.2) is 0 Å². The number of nitrogens with zero attached hydrogens (tertiary/aromatic N) is 7. The first kappa shape index (κ1) is 16.4. The molecular weight excluding hydrogens is 332 g/mol. The van der Waals surface area contributed by atoms with E-state index in [1.165, 1.54) is 0 Å². The van der Waals surface area contributed by atoms with Gasteiger partial charge in [0.1, 0.15) is 6.10 Å². The first-order valence-corrected chi connectivity index (χ1v) is 8.41. The molecule has 134 valence electrons. The maximum atomic E-state index is 5.74. The van der Waals surface area contributed by atoms with E-state index in [0.29, 0.717) is 24.9 Å². The first-order chi connectivity index (χ1) is 12.7. The van der Waals surface area contributed by atoms with Crippen molar-refractivity contribution in [3.8, 4) is 11.3 Å². The van der Waals surface area contributed by atoms with Crippen molar-refractivity contribution in [2.75, 3.05) is 43.6 Å². The Kier molecular flexibility index (Phi) is 4.44. The number of anilines is 2. The highest BCUT2D eigenvalue weighted by Crippen LogP contribution is 2.25. The molecule has 1 aromatic carbocycles. The molecule has 0 spiro atoms. The molecule has 1 saturated heterocycles. The molecule has 0 amide bonds. The van der Waals surface area contributed by atoms with Crippen LogP contribution in [0.5, 0.6) is 0 Å². The predicted molar refractivity (Wildman–Crippen MR) is 96.9 cm³/mol. The average molecular weight is 352 g/mol. The number of rotatable bonds is 4. The van der Waals surface area contributed by atoms with Crippen LogP contribution in [-0.2, 0) is 4.74 Å². The van der Waals surface area contributed by atoms with Crippen LogP contribution in [0.4, 0.5) is 11.6 Å². The van der Waals surface area contributed by atoms with Gasteiger partial charge in [-0.05, 0) is 18.2 Å². The van der Waals surface area contributed by atoms with Gasteiger partial charge in [0.05, 0.1) is 18.8 Å². The number of aromatic amines is 1. The summed E-state index contributed by atoms with van der Waals surface area (Å²) in [5, 5.41) is 14.1. The van der Waals surface area contributed by atoms with Gasteiger partial charge >= 0.3 is 0 Å². The molecule has 1 N–H and O–H groups in total. The molecule has 0 saturated carbocycles. The Balaban J connectivity index is 1.55. The zero-order valence-corrected chi connectivity index (χ0v) is 14.7. The second-order valence-electron chi connectivity index (χ2n) is 6.26. The lowest BCUT2D eigenvalue weighted by molar-refractivity contribution is 0.0335. The SMILES string of the molecule is CN(C)c1ccc(-c2ccnc(N3CCOC(c4nn[nH]n4)C3)n2)cc1. The average Bonchev–Trinajstić information content (AvgIpc) is 3.23. The zero-order chi connectivity index (χ0) is 17.9. The molecule has 9 nitrogen and oxygen atoms in total. The molecule has 1 aliphatic rings. The van der Waals surface area contributed by atoms with Crippen LogP contribution in [0, 0.1) is 0 Å². The van der Waals surface area contributed by atoms with Gasteiger partial charge in [-0.3, -0.25) is 0 Å². The molecule has 4 rings (SSSR count). The monoisotopic (exact) mass is 352 g/mol. The molecular formula is C17H20N8O. The van der Waals surface area contributed by atoms with Gasteiger partial charge in [0.25, 0.3) is 0 Å². The molecule has 1 fully saturated rings. The quantitative estimate of drug-likeness (QED) is 0.751. The second kappa shape index (κ2) is 7.04. The summed E-state index contributed by atoms with van der Waals surface area (Å²) in [6.07, 6.45) is 1.55. The lowest BCUT2D eigenvalue weighted by atomic mass is 10.1. The minimum atomic E-state index is -0.242. The lowest BCUT2D eigenvalue weighted by Gasteiger charge is -2.31.